The molecule has 0 amide bonds. The maximum absolute atomic E-state index is 5.43. The molecule has 0 unspecified atom stereocenters. The van der Waals surface area contributed by atoms with Gasteiger partial charge >= 0.3 is 0 Å². The summed E-state index contributed by atoms with van der Waals surface area (Å²) in [5.74, 6) is 0.908. The average molecular weight is 353 g/mol. The lowest BCUT2D eigenvalue weighted by molar-refractivity contribution is -0.906. The molecule has 1 aliphatic rings. The molecule has 0 radical (unpaired) electrons. The Kier molecular flexibility index (Phi) is 4.81. The molecule has 0 aromatic carbocycles. The van der Waals surface area contributed by atoms with Gasteiger partial charge in [-0.3, -0.25) is 9.55 Å². The quantitative estimate of drug-likeness (QED) is 0.709. The number of hydrogen-bond donors (Lipinski definition) is 2. The first-order chi connectivity index (χ1) is 12.8. The molecule has 1 fully saturated rings. The average Bonchev–Trinajstić information content (AvgIpc) is 2.95. The van der Waals surface area contributed by atoms with E-state index in [0.717, 1.165) is 67.6 Å². The zero-order valence-electron chi connectivity index (χ0n) is 15.3. The van der Waals surface area contributed by atoms with Gasteiger partial charge in [0.05, 0.1) is 43.6 Å². The van der Waals surface area contributed by atoms with Crippen LogP contribution in [0.15, 0.2) is 30.9 Å². The summed E-state index contributed by atoms with van der Waals surface area (Å²) < 4.78 is 7.58. The summed E-state index contributed by atoms with van der Waals surface area (Å²) in [6.07, 6.45) is 5.29. The smallest absolute Gasteiger partial charge is 0.150 e. The van der Waals surface area contributed by atoms with Crippen molar-refractivity contribution in [3.05, 3.63) is 42.1 Å². The SMILES string of the molecule is Cc1c(C)n(-c2cccnc2)c2ncnc(NCC[NH+]3CCOCC3)c12. The van der Waals surface area contributed by atoms with Crippen molar-refractivity contribution in [2.45, 2.75) is 13.8 Å². The van der Waals surface area contributed by atoms with Crippen LogP contribution in [-0.4, -0.2) is 58.9 Å². The van der Waals surface area contributed by atoms with Crippen molar-refractivity contribution < 1.29 is 9.64 Å². The van der Waals surface area contributed by atoms with Gasteiger partial charge in [-0.15, -0.1) is 0 Å². The number of ether oxygens (including phenoxy) is 1. The third-order valence-electron chi connectivity index (χ3n) is 5.17. The summed E-state index contributed by atoms with van der Waals surface area (Å²) in [6, 6.07) is 4.00. The number of nitrogens with one attached hydrogen (secondary N) is 2. The third kappa shape index (κ3) is 3.15. The fraction of sp³-hybridized carbons (Fsp3) is 0.421. The highest BCUT2D eigenvalue weighted by Gasteiger charge is 2.18. The number of pyridine rings is 1. The second-order valence-corrected chi connectivity index (χ2v) is 6.72. The number of aryl methyl sites for hydroxylation is 1. The van der Waals surface area contributed by atoms with Gasteiger partial charge in [-0.1, -0.05) is 0 Å². The Morgan fingerprint density at radius 2 is 2.08 bits per heavy atom. The normalized spacial score (nSPS) is 15.5. The van der Waals surface area contributed by atoms with E-state index in [2.05, 4.69) is 44.7 Å². The number of fused-ring (bicyclic) bond motifs is 1. The minimum atomic E-state index is 0.860. The molecule has 0 spiro atoms. The fourth-order valence-corrected chi connectivity index (χ4v) is 3.60. The minimum absolute atomic E-state index is 0.860. The molecule has 3 aromatic rings. The van der Waals surface area contributed by atoms with E-state index in [-0.39, 0.29) is 0 Å². The lowest BCUT2D eigenvalue weighted by Crippen LogP contribution is -3.14. The molecule has 26 heavy (non-hydrogen) atoms. The first-order valence-corrected chi connectivity index (χ1v) is 9.14. The maximum Gasteiger partial charge on any atom is 0.150 e. The number of morpholine rings is 1. The highest BCUT2D eigenvalue weighted by atomic mass is 16.5. The summed E-state index contributed by atoms with van der Waals surface area (Å²) in [5.41, 5.74) is 4.30. The van der Waals surface area contributed by atoms with Crippen molar-refractivity contribution in [1.82, 2.24) is 19.5 Å². The molecule has 0 atom stereocenters. The Morgan fingerprint density at radius 1 is 1.23 bits per heavy atom. The molecule has 0 saturated carbocycles. The molecule has 3 aromatic heterocycles. The number of quaternary nitrogens is 1. The summed E-state index contributed by atoms with van der Waals surface area (Å²) >= 11 is 0. The summed E-state index contributed by atoms with van der Waals surface area (Å²) in [4.78, 5) is 14.9. The zero-order chi connectivity index (χ0) is 17.9. The van der Waals surface area contributed by atoms with E-state index in [1.165, 1.54) is 5.56 Å². The van der Waals surface area contributed by atoms with Gasteiger partial charge in [-0.05, 0) is 31.5 Å². The van der Waals surface area contributed by atoms with Crippen molar-refractivity contribution in [2.75, 3.05) is 44.7 Å². The number of rotatable bonds is 5. The standard InChI is InChI=1S/C19H24N6O/c1-14-15(2)25(16-4-3-5-20-12-16)19-17(14)18(22-13-23-19)21-6-7-24-8-10-26-11-9-24/h3-5,12-13H,6-11H2,1-2H3,(H,21,22,23)/p+1. The van der Waals surface area contributed by atoms with E-state index in [4.69, 9.17) is 4.74 Å². The molecule has 1 aliphatic heterocycles. The highest BCUT2D eigenvalue weighted by molar-refractivity contribution is 5.93. The maximum atomic E-state index is 5.43. The van der Waals surface area contributed by atoms with Crippen LogP contribution in [-0.2, 0) is 4.74 Å². The van der Waals surface area contributed by atoms with Gasteiger partial charge < -0.3 is 15.0 Å². The lowest BCUT2D eigenvalue weighted by Gasteiger charge is -2.23. The lowest BCUT2D eigenvalue weighted by atomic mass is 10.2. The van der Waals surface area contributed by atoms with Gasteiger partial charge in [0.25, 0.3) is 0 Å². The number of anilines is 1. The molecule has 0 bridgehead atoms. The largest absolute Gasteiger partial charge is 0.370 e. The first kappa shape index (κ1) is 16.9. The Hall–Kier alpha value is -2.51. The summed E-state index contributed by atoms with van der Waals surface area (Å²) in [7, 11) is 0. The van der Waals surface area contributed by atoms with Crippen molar-refractivity contribution >= 4 is 16.9 Å². The molecule has 2 N–H and O–H groups in total. The van der Waals surface area contributed by atoms with Gasteiger partial charge in [0.1, 0.15) is 25.2 Å². The second-order valence-electron chi connectivity index (χ2n) is 6.72. The van der Waals surface area contributed by atoms with Gasteiger partial charge in [0, 0.05) is 11.9 Å². The van der Waals surface area contributed by atoms with Crippen molar-refractivity contribution in [3.63, 3.8) is 0 Å². The second kappa shape index (κ2) is 7.39. The van der Waals surface area contributed by atoms with Crippen LogP contribution < -0.4 is 10.2 Å². The molecule has 136 valence electrons. The number of nitrogens with zero attached hydrogens (tertiary/aromatic N) is 4. The number of hydrogen-bond acceptors (Lipinski definition) is 5. The van der Waals surface area contributed by atoms with Crippen LogP contribution >= 0.6 is 0 Å². The molecule has 1 saturated heterocycles. The van der Waals surface area contributed by atoms with Gasteiger partial charge in [-0.2, -0.15) is 0 Å². The summed E-state index contributed by atoms with van der Waals surface area (Å²) in [5, 5.41) is 4.61. The van der Waals surface area contributed by atoms with Crippen LogP contribution in [0, 0.1) is 13.8 Å². The van der Waals surface area contributed by atoms with E-state index in [9.17, 15) is 0 Å². The predicted molar refractivity (Wildman–Crippen MR) is 101 cm³/mol. The molecule has 0 aliphatic carbocycles. The van der Waals surface area contributed by atoms with Gasteiger partial charge in [-0.25, -0.2) is 9.97 Å². The predicted octanol–water partition coefficient (Wildman–Crippen LogP) is 0.759. The van der Waals surface area contributed by atoms with E-state index >= 15 is 0 Å². The van der Waals surface area contributed by atoms with Crippen LogP contribution in [0.4, 0.5) is 5.82 Å². The first-order valence-electron chi connectivity index (χ1n) is 9.14. The zero-order valence-corrected chi connectivity index (χ0v) is 15.3. The Balaban J connectivity index is 1.62. The van der Waals surface area contributed by atoms with Crippen molar-refractivity contribution in [3.8, 4) is 5.69 Å². The van der Waals surface area contributed by atoms with Crippen LogP contribution in [0.1, 0.15) is 11.3 Å². The number of aromatic nitrogens is 4. The molecule has 4 heterocycles. The van der Waals surface area contributed by atoms with Crippen LogP contribution in [0.2, 0.25) is 0 Å². The monoisotopic (exact) mass is 353 g/mol. The van der Waals surface area contributed by atoms with E-state index in [0.29, 0.717) is 0 Å². The fourth-order valence-electron chi connectivity index (χ4n) is 3.60. The topological polar surface area (TPSA) is 69.3 Å². The van der Waals surface area contributed by atoms with Crippen LogP contribution in [0.25, 0.3) is 16.7 Å². The molecular formula is C19H25N6O+. The van der Waals surface area contributed by atoms with Gasteiger partial charge in [0.2, 0.25) is 0 Å². The third-order valence-corrected chi connectivity index (χ3v) is 5.17. The summed E-state index contributed by atoms with van der Waals surface area (Å²) in [6.45, 7) is 10.1. The van der Waals surface area contributed by atoms with E-state index in [1.54, 1.807) is 17.4 Å². The minimum Gasteiger partial charge on any atom is -0.370 e. The molecular weight excluding hydrogens is 328 g/mol. The van der Waals surface area contributed by atoms with Crippen molar-refractivity contribution in [1.29, 1.82) is 0 Å². The molecule has 7 heteroatoms. The van der Waals surface area contributed by atoms with Crippen LogP contribution in [0.3, 0.4) is 0 Å². The van der Waals surface area contributed by atoms with Gasteiger partial charge in [0.15, 0.2) is 5.65 Å². The van der Waals surface area contributed by atoms with E-state index < -0.39 is 0 Å². The Labute approximate surface area is 153 Å². The molecule has 4 rings (SSSR count). The Bertz CT molecular complexity index is 886. The Morgan fingerprint density at radius 3 is 2.85 bits per heavy atom. The van der Waals surface area contributed by atoms with E-state index in [1.807, 2.05) is 12.3 Å². The van der Waals surface area contributed by atoms with Crippen LogP contribution in [0.5, 0.6) is 0 Å². The van der Waals surface area contributed by atoms with Crippen molar-refractivity contribution in [2.24, 2.45) is 0 Å². The highest BCUT2D eigenvalue weighted by Crippen LogP contribution is 2.30. The molecule has 7 nitrogen and oxygen atoms in total.